The molecular weight excluding hydrogens is 244 g/mol. The van der Waals surface area contributed by atoms with E-state index in [0.717, 1.165) is 6.92 Å². The predicted molar refractivity (Wildman–Crippen MR) is 46.5 cm³/mol. The number of carbonyl (C=O) groups is 2. The fraction of sp³-hybridized carbons (Fsp3) is 0.667. The first kappa shape index (κ1) is 14.5. The monoisotopic (exact) mass is 252 g/mol. The second-order valence-corrected chi connectivity index (χ2v) is 2.63. The minimum atomic E-state index is -1.49. The predicted octanol–water partition coefficient (Wildman–Crippen LogP) is -1.10. The van der Waals surface area contributed by atoms with Crippen LogP contribution in [0, 0.1) is 20.2 Å². The van der Waals surface area contributed by atoms with Crippen LogP contribution in [0.5, 0.6) is 0 Å². The Morgan fingerprint density at radius 3 is 2.18 bits per heavy atom. The van der Waals surface area contributed by atoms with Gasteiger partial charge in [0.05, 0.1) is 0 Å². The summed E-state index contributed by atoms with van der Waals surface area (Å²) < 4.78 is 4.28. The number of nitrogens with zero attached hydrogens (tertiary/aromatic N) is 2. The van der Waals surface area contributed by atoms with Crippen molar-refractivity contribution in [3.8, 4) is 0 Å². The number of esters is 1. The van der Waals surface area contributed by atoms with Crippen LogP contribution in [0.25, 0.3) is 0 Å². The number of ketones is 1. The van der Waals surface area contributed by atoms with Gasteiger partial charge in [-0.3, -0.25) is 4.79 Å². The molecule has 0 rings (SSSR count). The van der Waals surface area contributed by atoms with Crippen molar-refractivity contribution in [2.24, 2.45) is 0 Å². The number of ether oxygens (including phenoxy) is 1. The Morgan fingerprint density at radius 1 is 1.18 bits per heavy atom. The Balaban J connectivity index is 4.18. The molecule has 0 spiro atoms. The van der Waals surface area contributed by atoms with Gasteiger partial charge in [0.25, 0.3) is 10.2 Å². The molecule has 0 amide bonds. The average molecular weight is 252 g/mol. The van der Waals surface area contributed by atoms with Gasteiger partial charge in [0.2, 0.25) is 5.78 Å². The van der Waals surface area contributed by atoms with Crippen LogP contribution in [-0.2, 0) is 24.0 Å². The molecule has 0 bridgehead atoms. The molecule has 0 unspecified atom stereocenters. The second kappa shape index (κ2) is 6.92. The molecule has 0 aromatic rings. The lowest BCUT2D eigenvalue weighted by Gasteiger charge is -2.12. The molecule has 0 fully saturated rings. The van der Waals surface area contributed by atoms with E-state index < -0.39 is 41.2 Å². The minimum Gasteiger partial charge on any atom is -0.458 e. The SMILES string of the molecule is CC(=O)C(=O)OC[C@H](CO[N+](=O)[O-])O[N+](=O)[O-]. The van der Waals surface area contributed by atoms with Crippen molar-refractivity contribution in [1.82, 2.24) is 0 Å². The number of Topliss-reactive ketones (excluding diaryl/α,β-unsaturated/α-hetero) is 1. The van der Waals surface area contributed by atoms with Crippen molar-refractivity contribution in [2.75, 3.05) is 13.2 Å². The topological polar surface area (TPSA) is 148 Å². The molecule has 11 heteroatoms. The molecule has 96 valence electrons. The maximum atomic E-state index is 10.7. The number of rotatable bonds is 8. The van der Waals surface area contributed by atoms with E-state index in [0.29, 0.717) is 0 Å². The fourth-order valence-corrected chi connectivity index (χ4v) is 0.645. The highest BCUT2D eigenvalue weighted by atomic mass is 17.0. The molecule has 0 radical (unpaired) electrons. The van der Waals surface area contributed by atoms with Gasteiger partial charge < -0.3 is 14.4 Å². The first-order valence-electron chi connectivity index (χ1n) is 4.09. The van der Waals surface area contributed by atoms with Crippen molar-refractivity contribution in [3.05, 3.63) is 20.2 Å². The smallest absolute Gasteiger partial charge is 0.374 e. The van der Waals surface area contributed by atoms with Gasteiger partial charge in [0.15, 0.2) is 6.10 Å². The van der Waals surface area contributed by atoms with Gasteiger partial charge in [0.1, 0.15) is 13.2 Å². The lowest BCUT2D eigenvalue weighted by molar-refractivity contribution is -0.790. The van der Waals surface area contributed by atoms with Gasteiger partial charge >= 0.3 is 5.97 Å². The summed E-state index contributed by atoms with van der Waals surface area (Å²) in [5, 5.41) is 17.4. The van der Waals surface area contributed by atoms with Crippen LogP contribution in [0.3, 0.4) is 0 Å². The maximum absolute atomic E-state index is 10.7. The summed E-state index contributed by atoms with van der Waals surface area (Å²) >= 11 is 0. The van der Waals surface area contributed by atoms with E-state index in [4.69, 9.17) is 0 Å². The van der Waals surface area contributed by atoms with Crippen molar-refractivity contribution < 1.29 is 34.2 Å². The second-order valence-electron chi connectivity index (χ2n) is 2.63. The van der Waals surface area contributed by atoms with E-state index in [-0.39, 0.29) is 0 Å². The molecule has 11 nitrogen and oxygen atoms in total. The van der Waals surface area contributed by atoms with Crippen molar-refractivity contribution in [2.45, 2.75) is 13.0 Å². The van der Waals surface area contributed by atoms with Gasteiger partial charge in [-0.15, -0.1) is 20.2 Å². The number of carbonyl (C=O) groups excluding carboxylic acids is 2. The van der Waals surface area contributed by atoms with Gasteiger partial charge in [-0.1, -0.05) is 0 Å². The fourth-order valence-electron chi connectivity index (χ4n) is 0.645. The van der Waals surface area contributed by atoms with Gasteiger partial charge in [-0.05, 0) is 0 Å². The normalized spacial score (nSPS) is 11.1. The summed E-state index contributed by atoms with van der Waals surface area (Å²) in [6.07, 6.45) is -1.49. The van der Waals surface area contributed by atoms with Crippen LogP contribution in [0.1, 0.15) is 6.92 Å². The van der Waals surface area contributed by atoms with Gasteiger partial charge in [-0.25, -0.2) is 4.79 Å². The summed E-state index contributed by atoms with van der Waals surface area (Å²) in [4.78, 5) is 48.7. The first-order chi connectivity index (χ1) is 7.82. The summed E-state index contributed by atoms with van der Waals surface area (Å²) in [7, 11) is 0. The summed E-state index contributed by atoms with van der Waals surface area (Å²) in [6.45, 7) is -0.592. The zero-order chi connectivity index (χ0) is 13.4. The largest absolute Gasteiger partial charge is 0.458 e. The molecule has 0 aliphatic heterocycles. The molecule has 0 saturated carbocycles. The molecule has 17 heavy (non-hydrogen) atoms. The molecule has 1 atom stereocenters. The van der Waals surface area contributed by atoms with Gasteiger partial charge in [0, 0.05) is 6.92 Å². The Kier molecular flexibility index (Phi) is 5.92. The molecule has 0 aliphatic carbocycles. The van der Waals surface area contributed by atoms with E-state index in [1.807, 2.05) is 0 Å². The quantitative estimate of drug-likeness (QED) is 0.227. The Hall–Kier alpha value is -2.46. The number of hydrogen-bond donors (Lipinski definition) is 0. The van der Waals surface area contributed by atoms with Crippen LogP contribution in [-0.4, -0.2) is 41.2 Å². The van der Waals surface area contributed by atoms with E-state index in [9.17, 15) is 29.8 Å². The Morgan fingerprint density at radius 2 is 1.76 bits per heavy atom. The molecule has 0 saturated heterocycles. The van der Waals surface area contributed by atoms with E-state index in [2.05, 4.69) is 14.4 Å². The van der Waals surface area contributed by atoms with Crippen LogP contribution >= 0.6 is 0 Å². The molecule has 0 aromatic carbocycles. The molecular formula is C6H8N2O9. The highest BCUT2D eigenvalue weighted by Gasteiger charge is 2.19. The zero-order valence-electron chi connectivity index (χ0n) is 8.56. The van der Waals surface area contributed by atoms with Crippen molar-refractivity contribution in [3.63, 3.8) is 0 Å². The van der Waals surface area contributed by atoms with Gasteiger partial charge in [-0.2, -0.15) is 0 Å². The zero-order valence-corrected chi connectivity index (χ0v) is 8.56. The summed E-state index contributed by atoms with van der Waals surface area (Å²) in [6, 6.07) is 0. The van der Waals surface area contributed by atoms with E-state index in [1.165, 1.54) is 0 Å². The van der Waals surface area contributed by atoms with Crippen LogP contribution in [0.15, 0.2) is 0 Å². The number of hydrogen-bond acceptors (Lipinski definition) is 9. The van der Waals surface area contributed by atoms with E-state index >= 15 is 0 Å². The van der Waals surface area contributed by atoms with Crippen LogP contribution in [0.4, 0.5) is 0 Å². The minimum absolute atomic E-state index is 0.715. The third kappa shape index (κ3) is 7.47. The molecule has 0 N–H and O–H groups in total. The standard InChI is InChI=1S/C6H8N2O9/c1-4(9)6(10)15-2-5(17-8(13)14)3-16-7(11)12/h5H,2-3H2,1H3/t5-/m1/s1. The highest BCUT2D eigenvalue weighted by Crippen LogP contribution is 1.97. The van der Waals surface area contributed by atoms with Crippen LogP contribution < -0.4 is 0 Å². The Labute approximate surface area is 93.4 Å². The molecule has 0 heterocycles. The maximum Gasteiger partial charge on any atom is 0.374 e. The summed E-state index contributed by atoms with van der Waals surface area (Å²) in [5.74, 6) is -2.15. The third-order valence-corrected chi connectivity index (χ3v) is 1.29. The highest BCUT2D eigenvalue weighted by molar-refractivity contribution is 6.32. The van der Waals surface area contributed by atoms with Crippen molar-refractivity contribution in [1.29, 1.82) is 0 Å². The summed E-state index contributed by atoms with van der Waals surface area (Å²) in [5.41, 5.74) is 0. The lowest BCUT2D eigenvalue weighted by atomic mass is 10.4. The third-order valence-electron chi connectivity index (χ3n) is 1.29. The van der Waals surface area contributed by atoms with E-state index in [1.54, 1.807) is 0 Å². The molecule has 0 aliphatic rings. The first-order valence-corrected chi connectivity index (χ1v) is 4.09. The van der Waals surface area contributed by atoms with Crippen molar-refractivity contribution >= 4 is 11.8 Å². The lowest BCUT2D eigenvalue weighted by Crippen LogP contribution is -2.31. The Bertz CT molecular complexity index is 327. The average Bonchev–Trinajstić information content (AvgIpc) is 2.20. The molecule has 0 aromatic heterocycles. The van der Waals surface area contributed by atoms with Crippen LogP contribution in [0.2, 0.25) is 0 Å².